The highest BCUT2D eigenvalue weighted by molar-refractivity contribution is 6.31. The standard InChI is InChI=1S/C13H18ClNO2/c1-9-8-17-10(2)6-15(9)7-11-12(14)4-3-5-13(11)16/h3-5,9-10,16H,6-8H2,1-2H3. The van der Waals surface area contributed by atoms with Crippen LogP contribution in [0.3, 0.4) is 0 Å². The van der Waals surface area contributed by atoms with Crippen molar-refractivity contribution in [1.29, 1.82) is 0 Å². The van der Waals surface area contributed by atoms with Gasteiger partial charge in [0.1, 0.15) is 5.75 Å². The number of benzene rings is 1. The first-order valence-electron chi connectivity index (χ1n) is 5.90. The number of phenolic OH excluding ortho intramolecular Hbond substituents is 1. The molecule has 3 nitrogen and oxygen atoms in total. The van der Waals surface area contributed by atoms with Crippen LogP contribution < -0.4 is 0 Å². The number of hydrogen-bond donors (Lipinski definition) is 1. The zero-order valence-corrected chi connectivity index (χ0v) is 10.9. The number of hydrogen-bond acceptors (Lipinski definition) is 3. The molecule has 0 radical (unpaired) electrons. The molecule has 0 aliphatic carbocycles. The van der Waals surface area contributed by atoms with Gasteiger partial charge in [-0.25, -0.2) is 0 Å². The van der Waals surface area contributed by atoms with E-state index in [4.69, 9.17) is 16.3 Å². The van der Waals surface area contributed by atoms with Gasteiger partial charge in [0, 0.05) is 29.7 Å². The molecule has 1 saturated heterocycles. The molecular formula is C13H18ClNO2. The Morgan fingerprint density at radius 2 is 2.24 bits per heavy atom. The third-order valence-electron chi connectivity index (χ3n) is 3.19. The Hall–Kier alpha value is -0.770. The van der Waals surface area contributed by atoms with E-state index in [2.05, 4.69) is 18.7 Å². The van der Waals surface area contributed by atoms with Gasteiger partial charge in [-0.1, -0.05) is 17.7 Å². The summed E-state index contributed by atoms with van der Waals surface area (Å²) in [5, 5.41) is 10.5. The largest absolute Gasteiger partial charge is 0.508 e. The molecule has 1 fully saturated rings. The van der Waals surface area contributed by atoms with Crippen LogP contribution in [0.15, 0.2) is 18.2 Å². The Balaban J connectivity index is 2.14. The summed E-state index contributed by atoms with van der Waals surface area (Å²) < 4.78 is 5.58. The smallest absolute Gasteiger partial charge is 0.121 e. The van der Waals surface area contributed by atoms with E-state index in [9.17, 15) is 5.11 Å². The van der Waals surface area contributed by atoms with E-state index in [0.29, 0.717) is 17.6 Å². The Bertz CT molecular complexity index is 377. The summed E-state index contributed by atoms with van der Waals surface area (Å²) in [7, 11) is 0. The first-order valence-corrected chi connectivity index (χ1v) is 6.27. The van der Waals surface area contributed by atoms with E-state index in [1.807, 2.05) is 6.07 Å². The van der Waals surface area contributed by atoms with Crippen LogP contribution in [0, 0.1) is 0 Å². The van der Waals surface area contributed by atoms with E-state index >= 15 is 0 Å². The van der Waals surface area contributed by atoms with Gasteiger partial charge in [-0.2, -0.15) is 0 Å². The predicted molar refractivity (Wildman–Crippen MR) is 68.4 cm³/mol. The highest BCUT2D eigenvalue weighted by Crippen LogP contribution is 2.28. The van der Waals surface area contributed by atoms with Gasteiger partial charge in [0.25, 0.3) is 0 Å². The summed E-state index contributed by atoms with van der Waals surface area (Å²) in [4.78, 5) is 2.29. The Morgan fingerprint density at radius 1 is 1.47 bits per heavy atom. The quantitative estimate of drug-likeness (QED) is 0.882. The lowest BCUT2D eigenvalue weighted by molar-refractivity contribution is -0.0528. The molecule has 1 aromatic carbocycles. The van der Waals surface area contributed by atoms with Gasteiger partial charge < -0.3 is 9.84 Å². The summed E-state index contributed by atoms with van der Waals surface area (Å²) in [6, 6.07) is 5.59. The van der Waals surface area contributed by atoms with Crippen LogP contribution in [-0.4, -0.2) is 35.3 Å². The lowest BCUT2D eigenvalue weighted by Crippen LogP contribution is -2.46. The molecule has 0 bridgehead atoms. The molecule has 4 heteroatoms. The monoisotopic (exact) mass is 255 g/mol. The molecule has 0 amide bonds. The van der Waals surface area contributed by atoms with Gasteiger partial charge in [0.2, 0.25) is 0 Å². The summed E-state index contributed by atoms with van der Waals surface area (Å²) in [6.45, 7) is 6.45. The SMILES string of the molecule is CC1CN(Cc2c(O)cccc2Cl)C(C)CO1. The van der Waals surface area contributed by atoms with Crippen molar-refractivity contribution >= 4 is 11.6 Å². The average Bonchev–Trinajstić information content (AvgIpc) is 2.28. The summed E-state index contributed by atoms with van der Waals surface area (Å²) >= 11 is 6.11. The Morgan fingerprint density at radius 3 is 2.94 bits per heavy atom. The lowest BCUT2D eigenvalue weighted by Gasteiger charge is -2.37. The Kier molecular flexibility index (Phi) is 3.92. The summed E-state index contributed by atoms with van der Waals surface area (Å²) in [5.74, 6) is 0.267. The van der Waals surface area contributed by atoms with Crippen LogP contribution in [0.1, 0.15) is 19.4 Å². The molecule has 0 spiro atoms. The minimum Gasteiger partial charge on any atom is -0.508 e. The molecule has 1 aliphatic heterocycles. The van der Waals surface area contributed by atoms with Crippen molar-refractivity contribution in [3.63, 3.8) is 0 Å². The van der Waals surface area contributed by atoms with E-state index < -0.39 is 0 Å². The molecule has 1 aromatic rings. The minimum atomic E-state index is 0.232. The van der Waals surface area contributed by atoms with Crippen LogP contribution in [0.2, 0.25) is 5.02 Å². The maximum Gasteiger partial charge on any atom is 0.121 e. The van der Waals surface area contributed by atoms with Crippen molar-refractivity contribution in [3.05, 3.63) is 28.8 Å². The second-order valence-corrected chi connectivity index (χ2v) is 5.07. The number of morpholine rings is 1. The fourth-order valence-electron chi connectivity index (χ4n) is 2.10. The third kappa shape index (κ3) is 2.92. The van der Waals surface area contributed by atoms with Crippen molar-refractivity contribution in [3.8, 4) is 5.75 Å². The highest BCUT2D eigenvalue weighted by atomic mass is 35.5. The molecule has 0 aromatic heterocycles. The van der Waals surface area contributed by atoms with Gasteiger partial charge in [0.05, 0.1) is 12.7 Å². The number of rotatable bonds is 2. The van der Waals surface area contributed by atoms with E-state index in [1.54, 1.807) is 12.1 Å². The first kappa shape index (κ1) is 12.7. The summed E-state index contributed by atoms with van der Waals surface area (Å²) in [5.41, 5.74) is 0.801. The van der Waals surface area contributed by atoms with E-state index in [1.165, 1.54) is 0 Å². The van der Waals surface area contributed by atoms with Gasteiger partial charge in [-0.05, 0) is 26.0 Å². The minimum absolute atomic E-state index is 0.232. The highest BCUT2D eigenvalue weighted by Gasteiger charge is 2.24. The fourth-order valence-corrected chi connectivity index (χ4v) is 2.33. The normalized spacial score (nSPS) is 26.1. The second kappa shape index (κ2) is 5.25. The zero-order chi connectivity index (χ0) is 12.4. The fraction of sp³-hybridized carbons (Fsp3) is 0.538. The topological polar surface area (TPSA) is 32.7 Å². The van der Waals surface area contributed by atoms with Crippen molar-refractivity contribution in [2.24, 2.45) is 0 Å². The zero-order valence-electron chi connectivity index (χ0n) is 10.2. The number of nitrogens with zero attached hydrogens (tertiary/aromatic N) is 1. The molecule has 94 valence electrons. The molecule has 1 aliphatic rings. The third-order valence-corrected chi connectivity index (χ3v) is 3.55. The van der Waals surface area contributed by atoms with Crippen LogP contribution in [0.5, 0.6) is 5.75 Å². The number of ether oxygens (including phenoxy) is 1. The summed E-state index contributed by atoms with van der Waals surface area (Å²) in [6.07, 6.45) is 0.232. The maximum atomic E-state index is 9.83. The van der Waals surface area contributed by atoms with Crippen molar-refractivity contribution in [2.75, 3.05) is 13.2 Å². The molecule has 2 unspecified atom stereocenters. The van der Waals surface area contributed by atoms with E-state index in [-0.39, 0.29) is 11.9 Å². The maximum absolute atomic E-state index is 9.83. The molecule has 2 rings (SSSR count). The molecular weight excluding hydrogens is 238 g/mol. The van der Waals surface area contributed by atoms with Crippen molar-refractivity contribution < 1.29 is 9.84 Å². The average molecular weight is 256 g/mol. The van der Waals surface area contributed by atoms with E-state index in [0.717, 1.165) is 18.7 Å². The molecule has 0 saturated carbocycles. The van der Waals surface area contributed by atoms with Gasteiger partial charge in [0.15, 0.2) is 0 Å². The number of halogens is 1. The predicted octanol–water partition coefficient (Wildman–Crippen LogP) is 2.65. The van der Waals surface area contributed by atoms with Gasteiger partial charge in [-0.3, -0.25) is 4.90 Å². The first-order chi connectivity index (χ1) is 8.08. The van der Waals surface area contributed by atoms with Crippen LogP contribution in [0.4, 0.5) is 0 Å². The molecule has 1 N–H and O–H groups in total. The van der Waals surface area contributed by atoms with Crippen LogP contribution in [-0.2, 0) is 11.3 Å². The molecule has 1 heterocycles. The second-order valence-electron chi connectivity index (χ2n) is 4.66. The van der Waals surface area contributed by atoms with Gasteiger partial charge in [-0.15, -0.1) is 0 Å². The van der Waals surface area contributed by atoms with Crippen molar-refractivity contribution in [2.45, 2.75) is 32.5 Å². The number of phenols is 1. The van der Waals surface area contributed by atoms with Crippen molar-refractivity contribution in [1.82, 2.24) is 4.90 Å². The van der Waals surface area contributed by atoms with Gasteiger partial charge >= 0.3 is 0 Å². The van der Waals surface area contributed by atoms with Crippen LogP contribution in [0.25, 0.3) is 0 Å². The lowest BCUT2D eigenvalue weighted by atomic mass is 10.1. The molecule has 2 atom stereocenters. The number of aromatic hydroxyl groups is 1. The molecule has 17 heavy (non-hydrogen) atoms. The van der Waals surface area contributed by atoms with Crippen LogP contribution >= 0.6 is 11.6 Å². The Labute approximate surface area is 107 Å².